The summed E-state index contributed by atoms with van der Waals surface area (Å²) in [4.78, 5) is 17.6. The number of nitrogens with one attached hydrogen (secondary N) is 2. The van der Waals surface area contributed by atoms with Gasteiger partial charge in [0.1, 0.15) is 32.7 Å². The number of carbonyl (C=O) groups is 1. The van der Waals surface area contributed by atoms with Crippen LogP contribution in [0.4, 0.5) is 5.69 Å². The van der Waals surface area contributed by atoms with Crippen molar-refractivity contribution in [3.8, 4) is 0 Å². The quantitative estimate of drug-likeness (QED) is 0.792. The third-order valence-corrected chi connectivity index (χ3v) is 5.63. The topological polar surface area (TPSA) is 29.2 Å². The third kappa shape index (κ3) is 4.64. The molecule has 26 heavy (non-hydrogen) atoms. The summed E-state index contributed by atoms with van der Waals surface area (Å²) in [6.45, 7) is 7.25. The number of halogens is 1. The van der Waals surface area contributed by atoms with E-state index in [2.05, 4.69) is 19.1 Å². The smallest absolute Gasteiger partial charge is 0.284 e. The average Bonchev–Trinajstić information content (AvgIpc) is 2.67. The highest BCUT2D eigenvalue weighted by Gasteiger charge is 2.32. The Kier molecular flexibility index (Phi) is 6.30. The molecule has 1 saturated heterocycles. The van der Waals surface area contributed by atoms with Gasteiger partial charge in [0.05, 0.1) is 0 Å². The predicted molar refractivity (Wildman–Crippen MR) is 106 cm³/mol. The number of piperazine rings is 1. The van der Waals surface area contributed by atoms with Gasteiger partial charge < -0.3 is 14.7 Å². The van der Waals surface area contributed by atoms with Gasteiger partial charge >= 0.3 is 0 Å². The van der Waals surface area contributed by atoms with Crippen molar-refractivity contribution >= 4 is 23.2 Å². The van der Waals surface area contributed by atoms with Crippen LogP contribution in [0.2, 0.25) is 5.02 Å². The standard InChI is InChI=1S/C21H26ClN3O/c1-17(21(26)23(2)20-9-4-3-5-10-20)25-13-11-24(12-14-25)16-18-7-6-8-19(22)15-18/h3-10,15,17H,11-14,16H2,1-2H3/p+2/t17-/m1/s1. The van der Waals surface area contributed by atoms with Crippen molar-refractivity contribution in [2.75, 3.05) is 38.1 Å². The number of nitrogens with zero attached hydrogens (tertiary/aromatic N) is 1. The van der Waals surface area contributed by atoms with Crippen molar-refractivity contribution in [3.63, 3.8) is 0 Å². The van der Waals surface area contributed by atoms with Gasteiger partial charge in [-0.2, -0.15) is 0 Å². The molecule has 1 amide bonds. The fourth-order valence-electron chi connectivity index (χ4n) is 3.71. The minimum Gasteiger partial charge on any atom is -0.322 e. The highest BCUT2D eigenvalue weighted by molar-refractivity contribution is 6.30. The molecule has 1 atom stereocenters. The summed E-state index contributed by atoms with van der Waals surface area (Å²) in [5, 5.41) is 0.800. The molecule has 0 bridgehead atoms. The van der Waals surface area contributed by atoms with Crippen molar-refractivity contribution in [2.45, 2.75) is 19.5 Å². The van der Waals surface area contributed by atoms with Crippen molar-refractivity contribution in [1.29, 1.82) is 0 Å². The molecule has 0 saturated carbocycles. The lowest BCUT2D eigenvalue weighted by atomic mass is 10.1. The molecule has 2 aromatic carbocycles. The van der Waals surface area contributed by atoms with Gasteiger partial charge in [0.2, 0.25) is 0 Å². The number of quaternary nitrogens is 2. The zero-order valence-corrected chi connectivity index (χ0v) is 16.3. The number of rotatable bonds is 5. The monoisotopic (exact) mass is 373 g/mol. The Balaban J connectivity index is 1.53. The SMILES string of the molecule is C[C@H](C(=O)N(C)c1ccccc1)[NH+]1CC[NH+](Cc2cccc(Cl)c2)CC1. The lowest BCUT2D eigenvalue weighted by Crippen LogP contribution is -3.29. The minimum atomic E-state index is -0.0204. The van der Waals surface area contributed by atoms with E-state index in [4.69, 9.17) is 11.6 Å². The zero-order chi connectivity index (χ0) is 18.5. The largest absolute Gasteiger partial charge is 0.322 e. The van der Waals surface area contributed by atoms with E-state index < -0.39 is 0 Å². The van der Waals surface area contributed by atoms with E-state index in [0.29, 0.717) is 0 Å². The van der Waals surface area contributed by atoms with E-state index in [0.717, 1.165) is 43.4 Å². The van der Waals surface area contributed by atoms with Crippen LogP contribution in [-0.4, -0.2) is 45.2 Å². The van der Waals surface area contributed by atoms with Crippen molar-refractivity contribution in [3.05, 3.63) is 65.2 Å². The Bertz CT molecular complexity index is 729. The summed E-state index contributed by atoms with van der Waals surface area (Å²) in [5.41, 5.74) is 2.23. The van der Waals surface area contributed by atoms with Crippen LogP contribution >= 0.6 is 11.6 Å². The second-order valence-electron chi connectivity index (χ2n) is 7.17. The van der Waals surface area contributed by atoms with Gasteiger partial charge in [-0.05, 0) is 31.2 Å². The zero-order valence-electron chi connectivity index (χ0n) is 15.5. The number of hydrogen-bond acceptors (Lipinski definition) is 1. The third-order valence-electron chi connectivity index (χ3n) is 5.40. The maximum absolute atomic E-state index is 12.8. The van der Waals surface area contributed by atoms with Crippen LogP contribution in [0.5, 0.6) is 0 Å². The molecule has 1 aliphatic rings. The molecule has 5 heteroatoms. The first-order valence-corrected chi connectivity index (χ1v) is 9.67. The molecule has 1 heterocycles. The first-order valence-electron chi connectivity index (χ1n) is 9.30. The minimum absolute atomic E-state index is 0.0204. The van der Waals surface area contributed by atoms with E-state index in [1.54, 1.807) is 9.80 Å². The maximum Gasteiger partial charge on any atom is 0.284 e. The Morgan fingerprint density at radius 2 is 1.77 bits per heavy atom. The summed E-state index contributed by atoms with van der Waals surface area (Å²) >= 11 is 6.09. The molecule has 1 aliphatic heterocycles. The predicted octanol–water partition coefficient (Wildman–Crippen LogP) is 0.675. The summed E-state index contributed by atoms with van der Waals surface area (Å²) in [6.07, 6.45) is 0. The second kappa shape index (κ2) is 8.67. The first-order chi connectivity index (χ1) is 12.5. The molecule has 0 aromatic heterocycles. The number of likely N-dealkylation sites (N-methyl/N-ethyl adjacent to an activating group) is 1. The van der Waals surface area contributed by atoms with Gasteiger partial charge in [-0.3, -0.25) is 4.79 Å². The normalized spacial score (nSPS) is 21.2. The summed E-state index contributed by atoms with van der Waals surface area (Å²) in [6, 6.07) is 18.0. The van der Waals surface area contributed by atoms with Gasteiger partial charge in [-0.15, -0.1) is 0 Å². The fraction of sp³-hybridized carbons (Fsp3) is 0.381. The van der Waals surface area contributed by atoms with Gasteiger partial charge in [-0.25, -0.2) is 0 Å². The van der Waals surface area contributed by atoms with Crippen LogP contribution < -0.4 is 14.7 Å². The Labute approximate surface area is 161 Å². The highest BCUT2D eigenvalue weighted by atomic mass is 35.5. The van der Waals surface area contributed by atoms with Crippen LogP contribution in [0.15, 0.2) is 54.6 Å². The molecular weight excluding hydrogens is 346 g/mol. The molecule has 138 valence electrons. The van der Waals surface area contributed by atoms with Crippen LogP contribution in [-0.2, 0) is 11.3 Å². The molecule has 0 spiro atoms. The number of carbonyl (C=O) groups excluding carboxylic acids is 1. The van der Waals surface area contributed by atoms with Crippen molar-refractivity contribution < 1.29 is 14.6 Å². The number of para-hydroxylation sites is 1. The van der Waals surface area contributed by atoms with Gasteiger partial charge in [0, 0.05) is 23.3 Å². The van der Waals surface area contributed by atoms with E-state index in [-0.39, 0.29) is 11.9 Å². The van der Waals surface area contributed by atoms with Crippen LogP contribution in [0.25, 0.3) is 0 Å². The Morgan fingerprint density at radius 3 is 2.42 bits per heavy atom. The first kappa shape index (κ1) is 18.9. The van der Waals surface area contributed by atoms with E-state index in [1.165, 1.54) is 10.5 Å². The number of amides is 1. The van der Waals surface area contributed by atoms with Crippen molar-refractivity contribution in [1.82, 2.24) is 0 Å². The van der Waals surface area contributed by atoms with Crippen LogP contribution in [0.3, 0.4) is 0 Å². The molecule has 0 aliphatic carbocycles. The number of benzene rings is 2. The molecule has 2 N–H and O–H groups in total. The van der Waals surface area contributed by atoms with Crippen LogP contribution in [0.1, 0.15) is 12.5 Å². The molecule has 0 radical (unpaired) electrons. The van der Waals surface area contributed by atoms with Gasteiger partial charge in [0.25, 0.3) is 5.91 Å². The molecular formula is C21H28ClN3O+2. The lowest BCUT2D eigenvalue weighted by Gasteiger charge is -2.34. The van der Waals surface area contributed by atoms with Gasteiger partial charge in [-0.1, -0.05) is 41.9 Å². The molecule has 3 rings (SSSR count). The van der Waals surface area contributed by atoms with Gasteiger partial charge in [0.15, 0.2) is 6.04 Å². The van der Waals surface area contributed by atoms with Crippen LogP contribution in [0, 0.1) is 0 Å². The highest BCUT2D eigenvalue weighted by Crippen LogP contribution is 2.11. The fourth-order valence-corrected chi connectivity index (χ4v) is 3.93. The van der Waals surface area contributed by atoms with Crippen molar-refractivity contribution in [2.24, 2.45) is 0 Å². The van der Waals surface area contributed by atoms with E-state index >= 15 is 0 Å². The number of hydrogen-bond donors (Lipinski definition) is 2. The summed E-state index contributed by atoms with van der Waals surface area (Å²) < 4.78 is 0. The van der Waals surface area contributed by atoms with E-state index in [9.17, 15) is 4.79 Å². The van der Waals surface area contributed by atoms with E-state index in [1.807, 2.05) is 49.5 Å². The maximum atomic E-state index is 12.8. The Morgan fingerprint density at radius 1 is 1.08 bits per heavy atom. The molecule has 1 fully saturated rings. The molecule has 4 nitrogen and oxygen atoms in total. The second-order valence-corrected chi connectivity index (χ2v) is 7.61. The molecule has 0 unspecified atom stereocenters. The summed E-state index contributed by atoms with van der Waals surface area (Å²) in [5.74, 6) is 0.185. The lowest BCUT2D eigenvalue weighted by molar-refractivity contribution is -1.02. The summed E-state index contributed by atoms with van der Waals surface area (Å²) in [7, 11) is 1.87. The Hall–Kier alpha value is -1.88. The number of anilines is 1. The average molecular weight is 374 g/mol. The molecule has 2 aromatic rings.